The molecule has 0 bridgehead atoms. The van der Waals surface area contributed by atoms with Crippen LogP contribution in [0.25, 0.3) is 0 Å². The molecule has 1 atom stereocenters. The fourth-order valence-electron chi connectivity index (χ4n) is 1.77. The zero-order chi connectivity index (χ0) is 8.39. The first-order chi connectivity index (χ1) is 5.86. The van der Waals surface area contributed by atoms with Crippen LogP contribution in [-0.2, 0) is 4.74 Å². The summed E-state index contributed by atoms with van der Waals surface area (Å²) in [6.45, 7) is 3.23. The molecule has 1 N–H and O–H groups in total. The average molecular weight is 170 g/mol. The molecule has 2 rings (SSSR count). The largest absolute Gasteiger partial charge is 0.448 e. The lowest BCUT2D eigenvalue weighted by Crippen LogP contribution is -2.37. The maximum atomic E-state index is 11.0. The van der Waals surface area contributed by atoms with Crippen LogP contribution in [-0.4, -0.2) is 43.3 Å². The number of nitrogens with zero attached hydrogens (tertiary/aromatic N) is 1. The lowest BCUT2D eigenvalue weighted by Gasteiger charge is -2.17. The van der Waals surface area contributed by atoms with E-state index in [1.807, 2.05) is 0 Å². The van der Waals surface area contributed by atoms with Gasteiger partial charge in [-0.2, -0.15) is 0 Å². The molecule has 2 aliphatic rings. The summed E-state index contributed by atoms with van der Waals surface area (Å²) in [5.74, 6) is 0. The number of carbonyl (C=O) groups excluding carboxylic acids is 1. The van der Waals surface area contributed by atoms with Crippen LogP contribution in [0.4, 0.5) is 4.79 Å². The molecule has 2 heterocycles. The number of hydrogen-bond acceptors (Lipinski definition) is 3. The highest BCUT2D eigenvalue weighted by molar-refractivity contribution is 5.69. The van der Waals surface area contributed by atoms with Crippen LogP contribution in [0.2, 0.25) is 0 Å². The summed E-state index contributed by atoms with van der Waals surface area (Å²) >= 11 is 0. The second-order valence-electron chi connectivity index (χ2n) is 3.35. The summed E-state index contributed by atoms with van der Waals surface area (Å²) in [5, 5.41) is 3.35. The van der Waals surface area contributed by atoms with Crippen molar-refractivity contribution in [2.75, 3.05) is 26.2 Å². The van der Waals surface area contributed by atoms with E-state index in [1.165, 1.54) is 12.8 Å². The molecule has 0 spiro atoms. The molecule has 12 heavy (non-hydrogen) atoms. The van der Waals surface area contributed by atoms with Crippen LogP contribution >= 0.6 is 0 Å². The maximum Gasteiger partial charge on any atom is 0.409 e. The van der Waals surface area contributed by atoms with E-state index in [9.17, 15) is 4.79 Å². The number of cyclic esters (lactones) is 1. The first kappa shape index (κ1) is 7.86. The standard InChI is InChI=1S/C8H14N2O2/c11-8-10(4-5-12-8)6-7-2-1-3-9-7/h7,9H,1-6H2. The summed E-state index contributed by atoms with van der Waals surface area (Å²) in [6.07, 6.45) is 2.26. The monoisotopic (exact) mass is 170 g/mol. The number of ether oxygens (including phenoxy) is 1. The van der Waals surface area contributed by atoms with Gasteiger partial charge in [-0.25, -0.2) is 4.79 Å². The SMILES string of the molecule is O=C1OCCN1CC1CCCN1. The predicted octanol–water partition coefficient (Wildman–Crippen LogP) is 0.191. The Labute approximate surface area is 71.9 Å². The first-order valence-corrected chi connectivity index (χ1v) is 4.51. The van der Waals surface area contributed by atoms with E-state index < -0.39 is 0 Å². The van der Waals surface area contributed by atoms with Crippen LogP contribution < -0.4 is 5.32 Å². The van der Waals surface area contributed by atoms with Crippen LogP contribution in [0.3, 0.4) is 0 Å². The van der Waals surface area contributed by atoms with Gasteiger partial charge in [0.15, 0.2) is 0 Å². The normalized spacial score (nSPS) is 29.5. The Morgan fingerprint density at radius 1 is 1.67 bits per heavy atom. The molecule has 0 aliphatic carbocycles. The number of amides is 1. The molecule has 1 amide bonds. The van der Waals surface area contributed by atoms with E-state index in [0.717, 1.165) is 19.6 Å². The summed E-state index contributed by atoms with van der Waals surface area (Å²) < 4.78 is 4.83. The topological polar surface area (TPSA) is 41.6 Å². The van der Waals surface area contributed by atoms with Gasteiger partial charge in [0.25, 0.3) is 0 Å². The molecule has 0 aromatic heterocycles. The Balaban J connectivity index is 1.81. The van der Waals surface area contributed by atoms with Gasteiger partial charge in [0.2, 0.25) is 0 Å². The molecule has 68 valence electrons. The van der Waals surface area contributed by atoms with Crippen molar-refractivity contribution in [1.82, 2.24) is 10.2 Å². The van der Waals surface area contributed by atoms with Gasteiger partial charge in [-0.05, 0) is 19.4 Å². The Morgan fingerprint density at radius 2 is 2.58 bits per heavy atom. The van der Waals surface area contributed by atoms with Gasteiger partial charge in [-0.15, -0.1) is 0 Å². The third kappa shape index (κ3) is 1.53. The minimum atomic E-state index is -0.149. The van der Waals surface area contributed by atoms with Crippen LogP contribution in [0, 0.1) is 0 Å². The molecule has 0 radical (unpaired) electrons. The molecule has 2 aliphatic heterocycles. The number of nitrogens with one attached hydrogen (secondary N) is 1. The molecule has 0 saturated carbocycles. The van der Waals surface area contributed by atoms with E-state index in [0.29, 0.717) is 12.6 Å². The van der Waals surface area contributed by atoms with Crippen molar-refractivity contribution < 1.29 is 9.53 Å². The quantitative estimate of drug-likeness (QED) is 0.643. The van der Waals surface area contributed by atoms with Crippen molar-refractivity contribution in [1.29, 1.82) is 0 Å². The minimum absolute atomic E-state index is 0.149. The van der Waals surface area contributed by atoms with Crippen LogP contribution in [0.1, 0.15) is 12.8 Å². The van der Waals surface area contributed by atoms with Crippen molar-refractivity contribution in [3.05, 3.63) is 0 Å². The van der Waals surface area contributed by atoms with Gasteiger partial charge in [0.05, 0.1) is 6.54 Å². The fraction of sp³-hybridized carbons (Fsp3) is 0.875. The molecule has 1 unspecified atom stereocenters. The second kappa shape index (κ2) is 3.31. The second-order valence-corrected chi connectivity index (χ2v) is 3.35. The van der Waals surface area contributed by atoms with Gasteiger partial charge >= 0.3 is 6.09 Å². The molecule has 0 aromatic carbocycles. The average Bonchev–Trinajstić information content (AvgIpc) is 2.65. The number of hydrogen-bond donors (Lipinski definition) is 1. The van der Waals surface area contributed by atoms with E-state index in [-0.39, 0.29) is 6.09 Å². The van der Waals surface area contributed by atoms with Crippen molar-refractivity contribution in [2.45, 2.75) is 18.9 Å². The Bertz CT molecular complexity index is 178. The van der Waals surface area contributed by atoms with Gasteiger partial charge < -0.3 is 15.0 Å². The first-order valence-electron chi connectivity index (χ1n) is 4.51. The summed E-state index contributed by atoms with van der Waals surface area (Å²) in [5.41, 5.74) is 0. The van der Waals surface area contributed by atoms with Crippen molar-refractivity contribution in [3.63, 3.8) is 0 Å². The molecule has 4 heteroatoms. The Morgan fingerprint density at radius 3 is 3.17 bits per heavy atom. The Hall–Kier alpha value is -0.770. The molecule has 2 fully saturated rings. The van der Waals surface area contributed by atoms with E-state index >= 15 is 0 Å². The lowest BCUT2D eigenvalue weighted by molar-refractivity contribution is 0.156. The number of carbonyl (C=O) groups is 1. The molecule has 2 saturated heterocycles. The summed E-state index contributed by atoms with van der Waals surface area (Å²) in [7, 11) is 0. The lowest BCUT2D eigenvalue weighted by atomic mass is 10.2. The summed E-state index contributed by atoms with van der Waals surface area (Å²) in [4.78, 5) is 12.8. The van der Waals surface area contributed by atoms with Crippen LogP contribution in [0.5, 0.6) is 0 Å². The zero-order valence-corrected chi connectivity index (χ0v) is 7.08. The molecule has 4 nitrogen and oxygen atoms in total. The van der Waals surface area contributed by atoms with Gasteiger partial charge in [0.1, 0.15) is 6.61 Å². The van der Waals surface area contributed by atoms with Gasteiger partial charge in [0, 0.05) is 12.6 Å². The maximum absolute atomic E-state index is 11.0. The highest BCUT2D eigenvalue weighted by atomic mass is 16.6. The van der Waals surface area contributed by atoms with Crippen molar-refractivity contribution >= 4 is 6.09 Å². The zero-order valence-electron chi connectivity index (χ0n) is 7.08. The van der Waals surface area contributed by atoms with Crippen LogP contribution in [0.15, 0.2) is 0 Å². The number of rotatable bonds is 2. The van der Waals surface area contributed by atoms with Crippen molar-refractivity contribution in [3.8, 4) is 0 Å². The molecular formula is C8H14N2O2. The summed E-state index contributed by atoms with van der Waals surface area (Å²) in [6, 6.07) is 0.496. The van der Waals surface area contributed by atoms with Gasteiger partial charge in [-0.3, -0.25) is 0 Å². The fourth-order valence-corrected chi connectivity index (χ4v) is 1.77. The highest BCUT2D eigenvalue weighted by Crippen LogP contribution is 2.10. The van der Waals surface area contributed by atoms with E-state index in [2.05, 4.69) is 5.32 Å². The predicted molar refractivity (Wildman–Crippen MR) is 43.9 cm³/mol. The van der Waals surface area contributed by atoms with E-state index in [1.54, 1.807) is 4.90 Å². The Kier molecular flexibility index (Phi) is 2.17. The third-order valence-corrected chi connectivity index (χ3v) is 2.45. The molecular weight excluding hydrogens is 156 g/mol. The van der Waals surface area contributed by atoms with Crippen molar-refractivity contribution in [2.24, 2.45) is 0 Å². The smallest absolute Gasteiger partial charge is 0.409 e. The molecule has 0 aromatic rings. The highest BCUT2D eigenvalue weighted by Gasteiger charge is 2.25. The third-order valence-electron chi connectivity index (χ3n) is 2.45. The van der Waals surface area contributed by atoms with E-state index in [4.69, 9.17) is 4.74 Å². The minimum Gasteiger partial charge on any atom is -0.448 e. The van der Waals surface area contributed by atoms with Gasteiger partial charge in [-0.1, -0.05) is 0 Å².